The zero-order chi connectivity index (χ0) is 33.5. The molecule has 256 valence electrons. The first-order valence-electron chi connectivity index (χ1n) is 17.6. The fourth-order valence-corrected chi connectivity index (χ4v) is 10.2. The Hall–Kier alpha value is -3.41. The molecule has 48 heavy (non-hydrogen) atoms. The number of hydrogen-bond acceptors (Lipinski definition) is 6. The summed E-state index contributed by atoms with van der Waals surface area (Å²) in [6.07, 6.45) is 8.74. The second-order valence-corrected chi connectivity index (χ2v) is 17.1. The van der Waals surface area contributed by atoms with Crippen LogP contribution in [0.1, 0.15) is 84.7 Å². The molecule has 4 unspecified atom stereocenters. The summed E-state index contributed by atoms with van der Waals surface area (Å²) in [6.45, 7) is 3.28. The molecule has 1 N–H and O–H groups in total. The second-order valence-electron chi connectivity index (χ2n) is 15.2. The molecule has 2 amide bonds. The Morgan fingerprint density at radius 1 is 1.00 bits per heavy atom. The van der Waals surface area contributed by atoms with Crippen LogP contribution in [0.3, 0.4) is 0 Å². The van der Waals surface area contributed by atoms with E-state index in [1.54, 1.807) is 13.2 Å². The summed E-state index contributed by atoms with van der Waals surface area (Å²) >= 11 is 0. The average Bonchev–Trinajstić information content (AvgIpc) is 3.58. The summed E-state index contributed by atoms with van der Waals surface area (Å²) in [6, 6.07) is 12.2. The van der Waals surface area contributed by atoms with Crippen LogP contribution in [0.15, 0.2) is 36.4 Å². The Morgan fingerprint density at radius 2 is 1.79 bits per heavy atom. The van der Waals surface area contributed by atoms with Gasteiger partial charge in [0.2, 0.25) is 5.91 Å². The minimum atomic E-state index is -3.97. The Labute approximate surface area is 283 Å². The first kappa shape index (κ1) is 31.8. The Kier molecular flexibility index (Phi) is 7.69. The van der Waals surface area contributed by atoms with Gasteiger partial charge in [-0.3, -0.25) is 9.59 Å². The van der Waals surface area contributed by atoms with Gasteiger partial charge in [-0.15, -0.1) is 0 Å². The first-order valence-corrected chi connectivity index (χ1v) is 19.0. The van der Waals surface area contributed by atoms with Crippen molar-refractivity contribution in [2.45, 2.75) is 75.8 Å². The number of carbonyl (C=O) groups is 2. The van der Waals surface area contributed by atoms with Crippen molar-refractivity contribution in [2.75, 3.05) is 47.9 Å². The number of likely N-dealkylation sites (tertiary alicyclic amines) is 2. The lowest BCUT2D eigenvalue weighted by Gasteiger charge is -2.39. The van der Waals surface area contributed by atoms with Crippen molar-refractivity contribution in [1.29, 1.82) is 0 Å². The third-order valence-electron chi connectivity index (χ3n) is 12.1. The molecule has 10 nitrogen and oxygen atoms in total. The summed E-state index contributed by atoms with van der Waals surface area (Å²) in [5.74, 6) is 1.33. The van der Waals surface area contributed by atoms with Gasteiger partial charge in [0, 0.05) is 74.3 Å². The highest BCUT2D eigenvalue weighted by Gasteiger charge is 2.65. The van der Waals surface area contributed by atoms with Crippen LogP contribution < -0.4 is 9.46 Å². The maximum Gasteiger partial charge on any atom is 0.303 e. The van der Waals surface area contributed by atoms with Gasteiger partial charge in [0.15, 0.2) is 0 Å². The molecule has 2 aromatic carbocycles. The van der Waals surface area contributed by atoms with Gasteiger partial charge < -0.3 is 19.1 Å². The molecular weight excluding hydrogens is 627 g/mol. The van der Waals surface area contributed by atoms with Gasteiger partial charge in [0.25, 0.3) is 5.91 Å². The summed E-state index contributed by atoms with van der Waals surface area (Å²) < 4.78 is 36.5. The molecule has 0 bridgehead atoms. The number of fused-ring (bicyclic) bond motifs is 8. The van der Waals surface area contributed by atoms with Crippen LogP contribution in [-0.2, 0) is 21.5 Å². The van der Waals surface area contributed by atoms with E-state index in [9.17, 15) is 13.2 Å². The summed E-state index contributed by atoms with van der Waals surface area (Å²) in [4.78, 5) is 33.1. The van der Waals surface area contributed by atoms with Gasteiger partial charge >= 0.3 is 10.2 Å². The Morgan fingerprint density at radius 3 is 2.54 bits per heavy atom. The summed E-state index contributed by atoms with van der Waals surface area (Å²) in [5, 5.41) is 1.09. The van der Waals surface area contributed by atoms with Crippen LogP contribution in [0, 0.1) is 11.3 Å². The normalized spacial score (nSPS) is 27.2. The summed E-state index contributed by atoms with van der Waals surface area (Å²) in [7, 11) is 2.68. The second kappa shape index (κ2) is 11.6. The minimum absolute atomic E-state index is 0.0699. The van der Waals surface area contributed by atoms with E-state index in [2.05, 4.69) is 38.3 Å². The number of carbonyl (C=O) groups excluding carboxylic acids is 2. The smallest absolute Gasteiger partial charge is 0.303 e. The first-order chi connectivity index (χ1) is 23.0. The molecule has 0 spiro atoms. The predicted molar refractivity (Wildman–Crippen MR) is 185 cm³/mol. The fraction of sp³-hybridized carbons (Fsp3) is 0.568. The minimum Gasteiger partial charge on any atom is -0.497 e. The predicted octanol–water partition coefficient (Wildman–Crippen LogP) is 4.94. The lowest BCUT2D eigenvalue weighted by Crippen LogP contribution is -2.52. The number of ether oxygens (including phenoxy) is 1. The molecule has 4 heterocycles. The molecule has 3 aromatic rings. The van der Waals surface area contributed by atoms with Gasteiger partial charge in [-0.25, -0.2) is 4.72 Å². The highest BCUT2D eigenvalue weighted by molar-refractivity contribution is 7.87. The number of aromatic nitrogens is 1. The van der Waals surface area contributed by atoms with Crippen LogP contribution in [0.25, 0.3) is 22.2 Å². The van der Waals surface area contributed by atoms with E-state index in [1.165, 1.54) is 50.9 Å². The van der Waals surface area contributed by atoms with E-state index in [0.717, 1.165) is 77.5 Å². The maximum absolute atomic E-state index is 15.1. The molecule has 5 aliphatic rings. The number of likely N-dealkylation sites (N-methyl/N-ethyl adjacent to an activating group) is 1. The molecule has 2 saturated carbocycles. The summed E-state index contributed by atoms with van der Waals surface area (Å²) in [5.41, 5.74) is 5.32. The molecule has 2 saturated heterocycles. The van der Waals surface area contributed by atoms with E-state index < -0.39 is 21.5 Å². The monoisotopic (exact) mass is 673 g/mol. The van der Waals surface area contributed by atoms with Crippen LogP contribution in [0.5, 0.6) is 5.75 Å². The average molecular weight is 674 g/mol. The quantitative estimate of drug-likeness (QED) is 0.398. The van der Waals surface area contributed by atoms with Gasteiger partial charge in [-0.2, -0.15) is 12.7 Å². The molecule has 11 heteroatoms. The molecule has 1 aromatic heterocycles. The van der Waals surface area contributed by atoms with E-state index >= 15 is 4.79 Å². The highest BCUT2D eigenvalue weighted by Crippen LogP contribution is 2.66. The van der Waals surface area contributed by atoms with Crippen LogP contribution >= 0.6 is 0 Å². The number of benzene rings is 2. The largest absolute Gasteiger partial charge is 0.497 e. The van der Waals surface area contributed by atoms with Crippen molar-refractivity contribution in [3.8, 4) is 17.0 Å². The SMILES string of the molecule is COc1ccc2c(c1)C1CC1(C(=O)N1CCCC3CN(C)CC31)Cn1c-2c(C2CCCCC2)c2ccc(C(=O)NS(=O)(=O)N(C)C)cc21. The lowest BCUT2D eigenvalue weighted by atomic mass is 9.81. The molecule has 4 atom stereocenters. The van der Waals surface area contributed by atoms with Crippen molar-refractivity contribution < 1.29 is 22.7 Å². The molecular formula is C37H47N5O5S. The molecule has 8 rings (SSSR count). The van der Waals surface area contributed by atoms with Crippen molar-refractivity contribution in [2.24, 2.45) is 11.3 Å². The number of methoxy groups -OCH3 is 1. The molecule has 3 aliphatic heterocycles. The third kappa shape index (κ3) is 4.98. The van der Waals surface area contributed by atoms with Gasteiger partial charge in [0.1, 0.15) is 5.75 Å². The number of piperidine rings is 1. The number of nitrogens with one attached hydrogen (secondary N) is 1. The molecule has 4 fully saturated rings. The van der Waals surface area contributed by atoms with Crippen LogP contribution in [0.2, 0.25) is 0 Å². The Balaban J connectivity index is 1.31. The van der Waals surface area contributed by atoms with Crippen LogP contribution in [-0.4, -0.2) is 92.8 Å². The fourth-order valence-electron chi connectivity index (χ4n) is 9.62. The third-order valence-corrected chi connectivity index (χ3v) is 13.5. The van der Waals surface area contributed by atoms with E-state index in [0.29, 0.717) is 18.4 Å². The molecule has 0 radical (unpaired) electrons. The Bertz CT molecular complexity index is 1910. The van der Waals surface area contributed by atoms with Crippen molar-refractivity contribution in [1.82, 2.24) is 23.4 Å². The van der Waals surface area contributed by atoms with Crippen molar-refractivity contribution in [3.05, 3.63) is 53.1 Å². The number of rotatable bonds is 6. The maximum atomic E-state index is 15.1. The highest BCUT2D eigenvalue weighted by atomic mass is 32.2. The van der Waals surface area contributed by atoms with E-state index in [1.807, 2.05) is 18.2 Å². The van der Waals surface area contributed by atoms with Crippen molar-refractivity contribution >= 4 is 32.9 Å². The zero-order valence-corrected chi connectivity index (χ0v) is 29.3. The van der Waals surface area contributed by atoms with Gasteiger partial charge in [0.05, 0.1) is 18.2 Å². The van der Waals surface area contributed by atoms with E-state index in [-0.39, 0.29) is 23.4 Å². The topological polar surface area (TPSA) is 104 Å². The number of nitrogens with zero attached hydrogens (tertiary/aromatic N) is 4. The van der Waals surface area contributed by atoms with Crippen LogP contribution in [0.4, 0.5) is 0 Å². The van der Waals surface area contributed by atoms with E-state index in [4.69, 9.17) is 4.74 Å². The van der Waals surface area contributed by atoms with Gasteiger partial charge in [-0.1, -0.05) is 25.3 Å². The number of hydrogen-bond donors (Lipinski definition) is 1. The van der Waals surface area contributed by atoms with Gasteiger partial charge in [-0.05, 0) is 92.4 Å². The van der Waals surface area contributed by atoms with Crippen molar-refractivity contribution in [3.63, 3.8) is 0 Å². The molecule has 2 aliphatic carbocycles. The standard InChI is InChI=1S/C37H47N5O5S/c1-39(2)48(45,46)38-35(43)24-12-14-28-31(17-24)42-22-37(36(44)41-16-8-11-25-20-40(3)21-32(25)41)19-30(37)29-18-26(47-4)13-15-27(29)34(42)33(28)23-9-6-5-7-10-23/h12-15,17-18,23,25,30,32H,5-11,16,19-22H2,1-4H3,(H,38,43). The number of amides is 2. The zero-order valence-electron chi connectivity index (χ0n) is 28.5. The lowest BCUT2D eigenvalue weighted by molar-refractivity contribution is -0.142.